The van der Waals surface area contributed by atoms with Gasteiger partial charge in [0.25, 0.3) is 11.8 Å². The lowest BCUT2D eigenvalue weighted by atomic mass is 10.2. The van der Waals surface area contributed by atoms with Crippen LogP contribution in [0.2, 0.25) is 0 Å². The van der Waals surface area contributed by atoms with E-state index >= 15 is 0 Å². The SMILES string of the molecule is CCOc1cc(/C=C2\SC(=S)NC2=O)ccc1OCC(=O)Nc1cccc(C)c1. The average molecular weight is 429 g/mol. The molecule has 0 aliphatic carbocycles. The first kappa shape index (κ1) is 20.9. The van der Waals surface area contributed by atoms with Crippen LogP contribution in [0.4, 0.5) is 5.69 Å². The molecule has 0 bridgehead atoms. The maximum absolute atomic E-state index is 12.2. The van der Waals surface area contributed by atoms with Crippen LogP contribution in [0.5, 0.6) is 11.5 Å². The molecule has 0 aromatic heterocycles. The van der Waals surface area contributed by atoms with Gasteiger partial charge in [0.1, 0.15) is 4.32 Å². The van der Waals surface area contributed by atoms with E-state index < -0.39 is 0 Å². The summed E-state index contributed by atoms with van der Waals surface area (Å²) in [6.45, 7) is 4.10. The van der Waals surface area contributed by atoms with Crippen molar-refractivity contribution in [3.63, 3.8) is 0 Å². The lowest BCUT2D eigenvalue weighted by Gasteiger charge is -2.13. The normalized spacial score (nSPS) is 14.6. The molecule has 150 valence electrons. The quantitative estimate of drug-likeness (QED) is 0.515. The topological polar surface area (TPSA) is 76.7 Å². The summed E-state index contributed by atoms with van der Waals surface area (Å²) in [5.74, 6) is 0.464. The van der Waals surface area contributed by atoms with Crippen LogP contribution in [-0.2, 0) is 9.59 Å². The summed E-state index contributed by atoms with van der Waals surface area (Å²) in [5.41, 5.74) is 2.55. The van der Waals surface area contributed by atoms with E-state index in [9.17, 15) is 9.59 Å². The highest BCUT2D eigenvalue weighted by Crippen LogP contribution is 2.32. The first-order valence-electron chi connectivity index (χ1n) is 8.95. The fraction of sp³-hybridized carbons (Fsp3) is 0.190. The third kappa shape index (κ3) is 5.82. The summed E-state index contributed by atoms with van der Waals surface area (Å²) in [6, 6.07) is 12.8. The number of rotatable bonds is 7. The van der Waals surface area contributed by atoms with Gasteiger partial charge in [-0.3, -0.25) is 9.59 Å². The van der Waals surface area contributed by atoms with Gasteiger partial charge in [-0.25, -0.2) is 0 Å². The highest BCUT2D eigenvalue weighted by Gasteiger charge is 2.22. The van der Waals surface area contributed by atoms with E-state index in [4.69, 9.17) is 21.7 Å². The van der Waals surface area contributed by atoms with Crippen LogP contribution in [0.3, 0.4) is 0 Å². The molecule has 0 unspecified atom stereocenters. The van der Waals surface area contributed by atoms with Crippen LogP contribution in [0, 0.1) is 6.92 Å². The standard InChI is InChI=1S/C21H20N2O4S2/c1-3-26-17-10-14(11-18-20(25)23-21(28)29-18)7-8-16(17)27-12-19(24)22-15-6-4-5-13(2)9-15/h4-11H,3,12H2,1-2H3,(H,22,24)(H,23,25,28)/b18-11-. The van der Waals surface area contributed by atoms with Gasteiger partial charge in [-0.1, -0.05) is 42.2 Å². The molecule has 0 saturated carbocycles. The smallest absolute Gasteiger partial charge is 0.263 e. The number of hydrogen-bond donors (Lipinski definition) is 2. The molecule has 8 heteroatoms. The number of aryl methyl sites for hydroxylation is 1. The number of benzene rings is 2. The molecular formula is C21H20N2O4S2. The third-order valence-corrected chi connectivity index (χ3v) is 5.03. The molecule has 2 N–H and O–H groups in total. The van der Waals surface area contributed by atoms with E-state index in [1.54, 1.807) is 24.3 Å². The minimum Gasteiger partial charge on any atom is -0.490 e. The largest absolute Gasteiger partial charge is 0.490 e. The Morgan fingerprint density at radius 2 is 2.03 bits per heavy atom. The fourth-order valence-corrected chi connectivity index (χ4v) is 3.68. The Balaban J connectivity index is 1.68. The van der Waals surface area contributed by atoms with Crippen molar-refractivity contribution >= 4 is 51.9 Å². The van der Waals surface area contributed by atoms with Gasteiger partial charge in [0.15, 0.2) is 18.1 Å². The van der Waals surface area contributed by atoms with Crippen molar-refractivity contribution in [1.82, 2.24) is 5.32 Å². The zero-order chi connectivity index (χ0) is 20.8. The van der Waals surface area contributed by atoms with Gasteiger partial charge in [0.05, 0.1) is 11.5 Å². The van der Waals surface area contributed by atoms with Crippen molar-refractivity contribution in [3.8, 4) is 11.5 Å². The van der Waals surface area contributed by atoms with Crippen LogP contribution in [-0.4, -0.2) is 29.3 Å². The van der Waals surface area contributed by atoms with E-state index in [2.05, 4.69) is 10.6 Å². The Kier molecular flexibility index (Phi) is 6.90. The van der Waals surface area contributed by atoms with Crippen LogP contribution >= 0.6 is 24.0 Å². The third-order valence-electron chi connectivity index (χ3n) is 3.87. The summed E-state index contributed by atoms with van der Waals surface area (Å²) < 4.78 is 11.7. The molecule has 2 aromatic carbocycles. The van der Waals surface area contributed by atoms with Gasteiger partial charge in [-0.05, 0) is 55.3 Å². The number of ether oxygens (including phenoxy) is 2. The molecule has 2 aromatic rings. The first-order chi connectivity index (χ1) is 13.9. The van der Waals surface area contributed by atoms with Crippen LogP contribution < -0.4 is 20.1 Å². The Hall–Kier alpha value is -2.84. The van der Waals surface area contributed by atoms with E-state index in [1.165, 1.54) is 11.8 Å². The fourth-order valence-electron chi connectivity index (χ4n) is 2.64. The van der Waals surface area contributed by atoms with Gasteiger partial charge < -0.3 is 20.1 Å². The maximum atomic E-state index is 12.2. The summed E-state index contributed by atoms with van der Waals surface area (Å²) in [5, 5.41) is 5.38. The van der Waals surface area contributed by atoms with Crippen molar-refractivity contribution < 1.29 is 19.1 Å². The number of hydrogen-bond acceptors (Lipinski definition) is 6. The van der Waals surface area contributed by atoms with Gasteiger partial charge in [0.2, 0.25) is 0 Å². The molecule has 6 nitrogen and oxygen atoms in total. The van der Waals surface area contributed by atoms with E-state index in [1.807, 2.05) is 38.1 Å². The summed E-state index contributed by atoms with van der Waals surface area (Å²) in [6.07, 6.45) is 1.73. The Bertz CT molecular complexity index is 988. The zero-order valence-electron chi connectivity index (χ0n) is 16.0. The molecule has 3 rings (SSSR count). The lowest BCUT2D eigenvalue weighted by molar-refractivity contribution is -0.118. The molecule has 2 amide bonds. The zero-order valence-corrected chi connectivity index (χ0v) is 17.6. The van der Waals surface area contributed by atoms with Crippen LogP contribution in [0.25, 0.3) is 6.08 Å². The number of amides is 2. The summed E-state index contributed by atoms with van der Waals surface area (Å²) in [4.78, 5) is 24.5. The number of thioether (sulfide) groups is 1. The summed E-state index contributed by atoms with van der Waals surface area (Å²) >= 11 is 6.21. The highest BCUT2D eigenvalue weighted by atomic mass is 32.2. The van der Waals surface area contributed by atoms with Crippen molar-refractivity contribution in [2.45, 2.75) is 13.8 Å². The number of carbonyl (C=O) groups excluding carboxylic acids is 2. The van der Waals surface area contributed by atoms with Gasteiger partial charge in [-0.2, -0.15) is 0 Å². The Morgan fingerprint density at radius 1 is 1.21 bits per heavy atom. The predicted molar refractivity (Wildman–Crippen MR) is 119 cm³/mol. The molecule has 0 radical (unpaired) electrons. The van der Waals surface area contributed by atoms with E-state index in [-0.39, 0.29) is 18.4 Å². The molecule has 1 aliphatic rings. The monoisotopic (exact) mass is 428 g/mol. The van der Waals surface area contributed by atoms with Crippen LogP contribution in [0.15, 0.2) is 47.4 Å². The maximum Gasteiger partial charge on any atom is 0.263 e. The number of thiocarbonyl (C=S) groups is 1. The minimum atomic E-state index is -0.267. The summed E-state index contributed by atoms with van der Waals surface area (Å²) in [7, 11) is 0. The molecule has 1 fully saturated rings. The predicted octanol–water partition coefficient (Wildman–Crippen LogP) is 3.90. The van der Waals surface area contributed by atoms with Crippen molar-refractivity contribution in [2.75, 3.05) is 18.5 Å². The van der Waals surface area contributed by atoms with Gasteiger partial charge in [0, 0.05) is 5.69 Å². The number of anilines is 1. The minimum absolute atomic E-state index is 0.152. The molecule has 1 aliphatic heterocycles. The molecule has 0 spiro atoms. The van der Waals surface area contributed by atoms with E-state index in [0.29, 0.717) is 27.3 Å². The second-order valence-corrected chi connectivity index (χ2v) is 7.92. The molecule has 29 heavy (non-hydrogen) atoms. The lowest BCUT2D eigenvalue weighted by Crippen LogP contribution is -2.20. The average Bonchev–Trinajstić information content (AvgIpc) is 2.98. The Labute approximate surface area is 178 Å². The molecule has 0 atom stereocenters. The van der Waals surface area contributed by atoms with Crippen molar-refractivity contribution in [3.05, 3.63) is 58.5 Å². The second kappa shape index (κ2) is 9.58. The van der Waals surface area contributed by atoms with E-state index in [0.717, 1.165) is 16.8 Å². The molecule has 1 saturated heterocycles. The number of carbonyl (C=O) groups is 2. The number of nitrogens with one attached hydrogen (secondary N) is 2. The Morgan fingerprint density at radius 3 is 2.72 bits per heavy atom. The molecular weight excluding hydrogens is 408 g/mol. The van der Waals surface area contributed by atoms with Crippen molar-refractivity contribution in [1.29, 1.82) is 0 Å². The highest BCUT2D eigenvalue weighted by molar-refractivity contribution is 8.26. The van der Waals surface area contributed by atoms with Crippen LogP contribution in [0.1, 0.15) is 18.1 Å². The van der Waals surface area contributed by atoms with Crippen molar-refractivity contribution in [2.24, 2.45) is 0 Å². The van der Waals surface area contributed by atoms with Gasteiger partial charge in [-0.15, -0.1) is 0 Å². The second-order valence-electron chi connectivity index (χ2n) is 6.20. The first-order valence-corrected chi connectivity index (χ1v) is 10.2. The van der Waals surface area contributed by atoms with Gasteiger partial charge >= 0.3 is 0 Å². The molecule has 1 heterocycles.